The number of hydrogen-bond acceptors (Lipinski definition) is 3. The normalized spacial score (nSPS) is 14.2. The minimum absolute atomic E-state index is 0.179. The molecule has 5 heteroatoms. The van der Waals surface area contributed by atoms with Crippen LogP contribution in [-0.2, 0) is 13.3 Å². The Morgan fingerprint density at radius 1 is 0.833 bits per heavy atom. The van der Waals surface area contributed by atoms with E-state index in [1.807, 2.05) is 0 Å². The summed E-state index contributed by atoms with van der Waals surface area (Å²) in [4.78, 5) is 0. The van der Waals surface area contributed by atoms with E-state index in [9.17, 15) is 0 Å². The molecule has 0 spiro atoms. The van der Waals surface area contributed by atoms with Gasteiger partial charge < -0.3 is 13.3 Å². The smallest absolute Gasteiger partial charge is 0.373 e. The highest BCUT2D eigenvalue weighted by Crippen LogP contribution is 2.26. The summed E-state index contributed by atoms with van der Waals surface area (Å²) in [6.45, 7) is 12.4. The maximum absolute atomic E-state index is 6.53. The summed E-state index contributed by atoms with van der Waals surface area (Å²) in [5.74, 6) is 0.281. The lowest BCUT2D eigenvalue weighted by molar-refractivity contribution is 0.0535. The quantitative estimate of drug-likeness (QED) is 0.426. The van der Waals surface area contributed by atoms with Crippen LogP contribution in [0.1, 0.15) is 53.9 Å². The Morgan fingerprint density at radius 3 is 1.39 bits per heavy atom. The van der Waals surface area contributed by atoms with Crippen molar-refractivity contribution < 1.29 is 13.3 Å². The Labute approximate surface area is 119 Å². The summed E-state index contributed by atoms with van der Waals surface area (Å²) in [5.41, 5.74) is 0. The zero-order valence-corrected chi connectivity index (χ0v) is 14.3. The van der Waals surface area contributed by atoms with E-state index in [4.69, 9.17) is 24.9 Å². The van der Waals surface area contributed by atoms with E-state index in [2.05, 4.69) is 34.6 Å². The van der Waals surface area contributed by atoms with E-state index in [0.29, 0.717) is 19.8 Å². The van der Waals surface area contributed by atoms with Gasteiger partial charge in [0.25, 0.3) is 0 Å². The van der Waals surface area contributed by atoms with Crippen molar-refractivity contribution in [2.45, 2.75) is 58.9 Å². The predicted molar refractivity (Wildman–Crippen MR) is 79.0 cm³/mol. The second-order valence-corrected chi connectivity index (χ2v) is 8.33. The summed E-state index contributed by atoms with van der Waals surface area (Å²) in [5, 5.41) is -0.179. The molecule has 18 heavy (non-hydrogen) atoms. The van der Waals surface area contributed by atoms with Crippen molar-refractivity contribution >= 4 is 20.4 Å². The molecular weight excluding hydrogens is 268 g/mol. The van der Waals surface area contributed by atoms with Crippen LogP contribution < -0.4 is 0 Å². The molecular formula is C13H29ClO3Si. The van der Waals surface area contributed by atoms with Gasteiger partial charge >= 0.3 is 8.80 Å². The van der Waals surface area contributed by atoms with Gasteiger partial charge in [0.15, 0.2) is 0 Å². The van der Waals surface area contributed by atoms with Gasteiger partial charge in [-0.2, -0.15) is 0 Å². The molecule has 1 atom stereocenters. The molecule has 0 N–H and O–H groups in total. The minimum atomic E-state index is -2.76. The van der Waals surface area contributed by atoms with Gasteiger partial charge in [-0.25, -0.2) is 0 Å². The van der Waals surface area contributed by atoms with E-state index in [-0.39, 0.29) is 10.9 Å². The first-order valence-corrected chi connectivity index (χ1v) is 9.33. The summed E-state index contributed by atoms with van der Waals surface area (Å²) < 4.78 is 17.9. The molecule has 1 unspecified atom stereocenters. The molecule has 0 aliphatic rings. The van der Waals surface area contributed by atoms with Crippen molar-refractivity contribution in [3.8, 4) is 0 Å². The highest BCUT2D eigenvalue weighted by atomic mass is 35.5. The van der Waals surface area contributed by atoms with Crippen LogP contribution in [0.15, 0.2) is 0 Å². The van der Waals surface area contributed by atoms with Crippen LogP contribution in [0.4, 0.5) is 0 Å². The summed E-state index contributed by atoms with van der Waals surface area (Å²) in [6, 6.07) is 0. The molecule has 0 aliphatic carbocycles. The van der Waals surface area contributed by atoms with Gasteiger partial charge in [-0.1, -0.05) is 34.6 Å². The van der Waals surface area contributed by atoms with Crippen LogP contribution in [0.5, 0.6) is 0 Å². The Balaban J connectivity index is 4.84. The van der Waals surface area contributed by atoms with E-state index in [1.54, 1.807) is 0 Å². The molecule has 0 aromatic carbocycles. The Bertz CT molecular complexity index is 181. The van der Waals surface area contributed by atoms with E-state index >= 15 is 0 Å². The minimum Gasteiger partial charge on any atom is -0.373 e. The fourth-order valence-corrected chi connectivity index (χ4v) is 5.08. The number of rotatable bonds is 11. The van der Waals surface area contributed by atoms with Crippen LogP contribution in [-0.4, -0.2) is 33.6 Å². The third-order valence-electron chi connectivity index (χ3n) is 2.45. The first-order valence-electron chi connectivity index (χ1n) is 7.09. The standard InChI is InChI=1S/C13H29ClO3Si/c1-6-9-15-18(16-10-7-2,17-11-8-3)13(14)12(4)5/h12-13H,6-11H2,1-5H3. The molecule has 0 radical (unpaired) electrons. The average Bonchev–Trinajstić information content (AvgIpc) is 2.37. The molecule has 0 rings (SSSR count). The Kier molecular flexibility index (Phi) is 10.4. The molecule has 0 fully saturated rings. The molecule has 0 amide bonds. The maximum atomic E-state index is 6.53. The molecule has 110 valence electrons. The highest BCUT2D eigenvalue weighted by Gasteiger charge is 2.50. The maximum Gasteiger partial charge on any atom is 0.520 e. The van der Waals surface area contributed by atoms with E-state index < -0.39 is 8.80 Å². The van der Waals surface area contributed by atoms with Crippen LogP contribution in [0.25, 0.3) is 0 Å². The van der Waals surface area contributed by atoms with Gasteiger partial charge in [0.1, 0.15) is 5.00 Å². The molecule has 0 aliphatic heterocycles. The first kappa shape index (κ1) is 18.4. The van der Waals surface area contributed by atoms with E-state index in [1.165, 1.54) is 0 Å². The van der Waals surface area contributed by atoms with Gasteiger partial charge in [-0.3, -0.25) is 0 Å². The van der Waals surface area contributed by atoms with Crippen molar-refractivity contribution in [3.05, 3.63) is 0 Å². The monoisotopic (exact) mass is 296 g/mol. The molecule has 3 nitrogen and oxygen atoms in total. The van der Waals surface area contributed by atoms with Gasteiger partial charge in [-0.05, 0) is 25.2 Å². The average molecular weight is 297 g/mol. The lowest BCUT2D eigenvalue weighted by Crippen LogP contribution is -2.56. The largest absolute Gasteiger partial charge is 0.520 e. The highest BCUT2D eigenvalue weighted by molar-refractivity contribution is 6.71. The fourth-order valence-electron chi connectivity index (χ4n) is 1.51. The number of hydrogen-bond donors (Lipinski definition) is 0. The van der Waals surface area contributed by atoms with Crippen LogP contribution in [0.3, 0.4) is 0 Å². The van der Waals surface area contributed by atoms with Crippen LogP contribution in [0.2, 0.25) is 0 Å². The van der Waals surface area contributed by atoms with E-state index in [0.717, 1.165) is 19.3 Å². The SMILES string of the molecule is CCCO[Si](OCCC)(OCCC)C(Cl)C(C)C. The Morgan fingerprint density at radius 2 is 1.17 bits per heavy atom. The number of alkyl halides is 1. The lowest BCUT2D eigenvalue weighted by atomic mass is 10.3. The molecule has 0 saturated carbocycles. The third-order valence-corrected chi connectivity index (χ3v) is 6.91. The summed E-state index contributed by atoms with van der Waals surface area (Å²) in [7, 11) is -2.76. The van der Waals surface area contributed by atoms with Crippen molar-refractivity contribution in [2.24, 2.45) is 5.92 Å². The molecule has 0 aromatic heterocycles. The zero-order chi connectivity index (χ0) is 14.0. The summed E-state index contributed by atoms with van der Waals surface area (Å²) in [6.07, 6.45) is 2.84. The van der Waals surface area contributed by atoms with Crippen molar-refractivity contribution in [2.75, 3.05) is 19.8 Å². The number of halogens is 1. The van der Waals surface area contributed by atoms with Crippen LogP contribution in [0, 0.1) is 5.92 Å². The predicted octanol–water partition coefficient (Wildman–Crippen LogP) is 4.01. The van der Waals surface area contributed by atoms with Crippen molar-refractivity contribution in [1.82, 2.24) is 0 Å². The van der Waals surface area contributed by atoms with Gasteiger partial charge in [0.05, 0.1) is 0 Å². The lowest BCUT2D eigenvalue weighted by Gasteiger charge is -2.34. The van der Waals surface area contributed by atoms with Gasteiger partial charge in [-0.15, -0.1) is 11.6 Å². The zero-order valence-electron chi connectivity index (χ0n) is 12.5. The van der Waals surface area contributed by atoms with Gasteiger partial charge in [0.2, 0.25) is 0 Å². The first-order chi connectivity index (χ1) is 8.54. The molecule has 0 saturated heterocycles. The molecule has 0 bridgehead atoms. The topological polar surface area (TPSA) is 27.7 Å². The molecule has 0 heterocycles. The van der Waals surface area contributed by atoms with Crippen molar-refractivity contribution in [3.63, 3.8) is 0 Å². The van der Waals surface area contributed by atoms with Gasteiger partial charge in [0, 0.05) is 19.8 Å². The molecule has 0 aromatic rings. The second-order valence-electron chi connectivity index (χ2n) is 4.79. The fraction of sp³-hybridized carbons (Fsp3) is 1.00. The third kappa shape index (κ3) is 6.02. The second kappa shape index (κ2) is 10.2. The Hall–Kier alpha value is 0.387. The van der Waals surface area contributed by atoms with Crippen molar-refractivity contribution in [1.29, 1.82) is 0 Å². The van der Waals surface area contributed by atoms with Crippen LogP contribution >= 0.6 is 11.6 Å². The summed E-state index contributed by atoms with van der Waals surface area (Å²) >= 11 is 6.53.